The molecule has 1 aromatic heterocycles. The van der Waals surface area contributed by atoms with Gasteiger partial charge < -0.3 is 19.9 Å². The van der Waals surface area contributed by atoms with E-state index in [0.717, 1.165) is 37.0 Å². The van der Waals surface area contributed by atoms with Crippen molar-refractivity contribution in [1.29, 1.82) is 0 Å². The second-order valence-corrected chi connectivity index (χ2v) is 12.8. The number of benzene rings is 1. The van der Waals surface area contributed by atoms with E-state index in [4.69, 9.17) is 16.3 Å². The first-order valence-corrected chi connectivity index (χ1v) is 15.7. The quantitative estimate of drug-likeness (QED) is 0.459. The highest BCUT2D eigenvalue weighted by atomic mass is 35.5. The Morgan fingerprint density at radius 1 is 1.10 bits per heavy atom. The number of rotatable bonds is 9. The Morgan fingerprint density at radius 2 is 1.85 bits per heavy atom. The zero-order valence-electron chi connectivity index (χ0n) is 21.8. The number of thiophene rings is 1. The zero-order chi connectivity index (χ0) is 28.0. The molecule has 2 fully saturated rings. The summed E-state index contributed by atoms with van der Waals surface area (Å²) in [5.74, 6) is -1.08. The molecule has 4 rings (SSSR count). The minimum atomic E-state index is -4.22. The predicted octanol–water partition coefficient (Wildman–Crippen LogP) is 2.81. The van der Waals surface area contributed by atoms with Crippen LogP contribution in [0.3, 0.4) is 0 Å². The van der Waals surface area contributed by atoms with Gasteiger partial charge in [-0.25, -0.2) is 8.42 Å². The van der Waals surface area contributed by atoms with Crippen LogP contribution in [0.1, 0.15) is 47.8 Å². The Bertz CT molecular complexity index is 1310. The van der Waals surface area contributed by atoms with Gasteiger partial charge in [-0.2, -0.15) is 4.72 Å². The molecule has 2 aliphatic heterocycles. The number of likely N-dealkylation sites (tertiary alicyclic amines) is 1. The molecular weight excluding hydrogens is 564 g/mol. The maximum atomic E-state index is 13.8. The average Bonchev–Trinajstić information content (AvgIpc) is 3.18. The largest absolute Gasteiger partial charge is 0.370 e. The van der Waals surface area contributed by atoms with Crippen LogP contribution in [0.25, 0.3) is 0 Å². The van der Waals surface area contributed by atoms with Gasteiger partial charge in [-0.05, 0) is 49.1 Å². The third-order valence-corrected chi connectivity index (χ3v) is 9.59. The molecule has 0 bridgehead atoms. The molecule has 1 atom stereocenters. The van der Waals surface area contributed by atoms with Gasteiger partial charge in [0.2, 0.25) is 15.9 Å². The molecule has 2 saturated heterocycles. The van der Waals surface area contributed by atoms with Crippen LogP contribution in [0.15, 0.2) is 35.2 Å². The average molecular weight is 597 g/mol. The van der Waals surface area contributed by atoms with Crippen LogP contribution in [-0.2, 0) is 30.8 Å². The van der Waals surface area contributed by atoms with E-state index in [-0.39, 0.29) is 29.9 Å². The van der Waals surface area contributed by atoms with Crippen molar-refractivity contribution in [3.63, 3.8) is 0 Å². The third-order valence-electron chi connectivity index (χ3n) is 6.80. The van der Waals surface area contributed by atoms with Crippen LogP contribution < -0.4 is 14.9 Å². The van der Waals surface area contributed by atoms with E-state index in [1.807, 2.05) is 6.92 Å². The van der Waals surface area contributed by atoms with Gasteiger partial charge in [0.15, 0.2) is 0 Å². The molecule has 39 heavy (non-hydrogen) atoms. The molecular formula is C26H33ClN4O6S2. The number of nitrogens with one attached hydrogen (secondary N) is 2. The fourth-order valence-corrected chi connectivity index (χ4v) is 7.32. The van der Waals surface area contributed by atoms with Gasteiger partial charge in [-0.15, -0.1) is 11.3 Å². The lowest BCUT2D eigenvalue weighted by Crippen LogP contribution is -2.54. The SMILES string of the molecule is CCc1c(N2CCOCC2=O)cccc1S(=O)(=O)N[C@@H](CNC(=O)c1ccc(Cl)s1)C(=O)N1CCCCCC1. The van der Waals surface area contributed by atoms with Gasteiger partial charge in [-0.1, -0.05) is 37.4 Å². The molecule has 1 aromatic carbocycles. The van der Waals surface area contributed by atoms with Crippen molar-refractivity contribution in [2.24, 2.45) is 0 Å². The summed E-state index contributed by atoms with van der Waals surface area (Å²) in [4.78, 5) is 42.3. The number of carbonyl (C=O) groups excluding carboxylic acids is 3. The van der Waals surface area contributed by atoms with Crippen molar-refractivity contribution < 1.29 is 27.5 Å². The molecule has 3 heterocycles. The summed E-state index contributed by atoms with van der Waals surface area (Å²) < 4.78 is 35.8. The predicted molar refractivity (Wildman–Crippen MR) is 150 cm³/mol. The fourth-order valence-electron chi connectivity index (χ4n) is 4.85. The van der Waals surface area contributed by atoms with Crippen LogP contribution in [0.4, 0.5) is 5.69 Å². The van der Waals surface area contributed by atoms with E-state index in [9.17, 15) is 22.8 Å². The van der Waals surface area contributed by atoms with Crippen LogP contribution in [-0.4, -0.2) is 76.5 Å². The van der Waals surface area contributed by atoms with Crippen molar-refractivity contribution in [3.05, 3.63) is 45.1 Å². The van der Waals surface area contributed by atoms with Crippen molar-refractivity contribution in [2.75, 3.05) is 44.3 Å². The molecule has 2 aliphatic rings. The molecule has 212 valence electrons. The summed E-state index contributed by atoms with van der Waals surface area (Å²) in [6.45, 7) is 3.24. The standard InChI is InChI=1S/C26H33ClN4O6S2/c1-2-18-20(31-14-15-37-17-24(31)32)8-7-9-22(18)39(35,36)29-19(26(34)30-12-5-3-4-6-13-30)16-28-25(33)21-10-11-23(27)38-21/h7-11,19,29H,2-6,12-17H2,1H3,(H,28,33)/t19-/m0/s1. The highest BCUT2D eigenvalue weighted by molar-refractivity contribution is 7.89. The minimum absolute atomic E-state index is 0.00757. The van der Waals surface area contributed by atoms with E-state index in [0.29, 0.717) is 53.1 Å². The topological polar surface area (TPSA) is 125 Å². The Labute approximate surface area is 237 Å². The number of morpholine rings is 1. The Hall–Kier alpha value is -2.51. The number of nitrogens with zero attached hydrogens (tertiary/aromatic N) is 2. The molecule has 10 nitrogen and oxygen atoms in total. The number of sulfonamides is 1. The number of hydrogen-bond acceptors (Lipinski definition) is 7. The van der Waals surface area contributed by atoms with Crippen LogP contribution in [0.2, 0.25) is 4.34 Å². The summed E-state index contributed by atoms with van der Waals surface area (Å²) in [5.41, 5.74) is 0.977. The Balaban J connectivity index is 1.61. The monoisotopic (exact) mass is 596 g/mol. The van der Waals surface area contributed by atoms with Crippen molar-refractivity contribution >= 4 is 56.4 Å². The summed E-state index contributed by atoms with van der Waals surface area (Å²) in [6.07, 6.45) is 4.02. The molecule has 0 spiro atoms. The van der Waals surface area contributed by atoms with E-state index >= 15 is 0 Å². The fraction of sp³-hybridized carbons (Fsp3) is 0.500. The zero-order valence-corrected chi connectivity index (χ0v) is 24.2. The van der Waals surface area contributed by atoms with Gasteiger partial charge in [0.25, 0.3) is 11.8 Å². The minimum Gasteiger partial charge on any atom is -0.370 e. The molecule has 3 amide bonds. The summed E-state index contributed by atoms with van der Waals surface area (Å²) in [7, 11) is -4.22. The lowest BCUT2D eigenvalue weighted by molar-refractivity contribution is -0.132. The van der Waals surface area contributed by atoms with E-state index in [2.05, 4.69) is 10.0 Å². The molecule has 0 radical (unpaired) electrons. The number of halogens is 1. The second-order valence-electron chi connectivity index (χ2n) is 9.43. The maximum absolute atomic E-state index is 13.8. The molecule has 0 aliphatic carbocycles. The molecule has 0 unspecified atom stereocenters. The molecule has 0 saturated carbocycles. The molecule has 2 aromatic rings. The van der Waals surface area contributed by atoms with Crippen LogP contribution in [0.5, 0.6) is 0 Å². The maximum Gasteiger partial charge on any atom is 0.261 e. The van der Waals surface area contributed by atoms with Crippen LogP contribution in [0, 0.1) is 0 Å². The first-order chi connectivity index (χ1) is 18.7. The Kier molecular flexibility index (Phi) is 10.00. The van der Waals surface area contributed by atoms with Gasteiger partial charge in [0.1, 0.15) is 12.6 Å². The highest BCUT2D eigenvalue weighted by Crippen LogP contribution is 2.29. The lowest BCUT2D eigenvalue weighted by Gasteiger charge is -2.30. The Morgan fingerprint density at radius 3 is 2.49 bits per heavy atom. The first kappa shape index (κ1) is 29.5. The van der Waals surface area contributed by atoms with Crippen molar-refractivity contribution in [2.45, 2.75) is 50.0 Å². The first-order valence-electron chi connectivity index (χ1n) is 13.1. The van der Waals surface area contributed by atoms with Gasteiger partial charge in [-0.3, -0.25) is 14.4 Å². The summed E-state index contributed by atoms with van der Waals surface area (Å²) in [6, 6.07) is 6.72. The number of ether oxygens (including phenoxy) is 1. The third kappa shape index (κ3) is 7.17. The van der Waals surface area contributed by atoms with Gasteiger partial charge >= 0.3 is 0 Å². The number of hydrogen-bond donors (Lipinski definition) is 2. The van der Waals surface area contributed by atoms with Gasteiger partial charge in [0.05, 0.1) is 20.7 Å². The lowest BCUT2D eigenvalue weighted by atomic mass is 10.1. The molecule has 2 N–H and O–H groups in total. The van der Waals surface area contributed by atoms with Crippen molar-refractivity contribution in [1.82, 2.24) is 14.9 Å². The highest BCUT2D eigenvalue weighted by Gasteiger charge is 2.33. The van der Waals surface area contributed by atoms with Crippen molar-refractivity contribution in [3.8, 4) is 0 Å². The molecule has 13 heteroatoms. The van der Waals surface area contributed by atoms with E-state index in [1.165, 1.54) is 11.0 Å². The van der Waals surface area contributed by atoms with Crippen LogP contribution >= 0.6 is 22.9 Å². The number of amides is 3. The second kappa shape index (κ2) is 13.2. The van der Waals surface area contributed by atoms with E-state index < -0.39 is 22.0 Å². The van der Waals surface area contributed by atoms with Gasteiger partial charge in [0, 0.05) is 31.9 Å². The summed E-state index contributed by atoms with van der Waals surface area (Å²) in [5, 5.41) is 2.69. The number of anilines is 1. The number of carbonyl (C=O) groups is 3. The van der Waals surface area contributed by atoms with E-state index in [1.54, 1.807) is 29.2 Å². The summed E-state index contributed by atoms with van der Waals surface area (Å²) >= 11 is 7.05. The smallest absolute Gasteiger partial charge is 0.261 e. The normalized spacial score (nSPS) is 17.5.